The Morgan fingerprint density at radius 1 is 1.50 bits per heavy atom. The fraction of sp³-hybridized carbons (Fsp3) is 0.727. The van der Waals surface area contributed by atoms with E-state index in [1.807, 2.05) is 24.0 Å². The first-order valence-corrected chi connectivity index (χ1v) is 5.12. The number of hydrogen-bond donors (Lipinski definition) is 1. The van der Waals surface area contributed by atoms with Crippen LogP contribution in [-0.2, 0) is 7.05 Å². The number of imidazole rings is 1. The SMILES string of the molecule is CC(CNc1nccn1C)C(C)(C)C. The van der Waals surface area contributed by atoms with Crippen molar-refractivity contribution in [2.45, 2.75) is 27.7 Å². The van der Waals surface area contributed by atoms with Crippen LogP contribution in [0.4, 0.5) is 5.95 Å². The zero-order valence-corrected chi connectivity index (χ0v) is 9.83. The van der Waals surface area contributed by atoms with Gasteiger partial charge >= 0.3 is 0 Å². The summed E-state index contributed by atoms with van der Waals surface area (Å²) in [5, 5.41) is 3.35. The van der Waals surface area contributed by atoms with Crippen molar-refractivity contribution in [2.24, 2.45) is 18.4 Å². The highest BCUT2D eigenvalue weighted by Crippen LogP contribution is 2.25. The van der Waals surface area contributed by atoms with Gasteiger partial charge in [-0.3, -0.25) is 0 Å². The van der Waals surface area contributed by atoms with Gasteiger partial charge in [0.25, 0.3) is 0 Å². The van der Waals surface area contributed by atoms with E-state index in [9.17, 15) is 0 Å². The highest BCUT2D eigenvalue weighted by atomic mass is 15.2. The van der Waals surface area contributed by atoms with Crippen molar-refractivity contribution in [3.8, 4) is 0 Å². The summed E-state index contributed by atoms with van der Waals surface area (Å²) in [6, 6.07) is 0. The standard InChI is InChI=1S/C11H21N3/c1-9(11(2,3)4)8-13-10-12-6-7-14(10)5/h6-7,9H,8H2,1-5H3,(H,12,13). The molecular formula is C11H21N3. The molecule has 0 amide bonds. The summed E-state index contributed by atoms with van der Waals surface area (Å²) in [5.74, 6) is 1.57. The number of anilines is 1. The van der Waals surface area contributed by atoms with E-state index in [1.165, 1.54) is 0 Å². The summed E-state index contributed by atoms with van der Waals surface area (Å²) in [4.78, 5) is 4.22. The zero-order chi connectivity index (χ0) is 10.8. The Hall–Kier alpha value is -0.990. The molecule has 1 heterocycles. The molecule has 3 nitrogen and oxygen atoms in total. The molecule has 0 aromatic carbocycles. The highest BCUT2D eigenvalue weighted by molar-refractivity contribution is 5.25. The number of aromatic nitrogens is 2. The first-order chi connectivity index (χ1) is 6.41. The van der Waals surface area contributed by atoms with Gasteiger partial charge in [0, 0.05) is 26.0 Å². The summed E-state index contributed by atoms with van der Waals surface area (Å²) >= 11 is 0. The van der Waals surface area contributed by atoms with E-state index in [4.69, 9.17) is 0 Å². The van der Waals surface area contributed by atoms with E-state index in [2.05, 4.69) is 38.0 Å². The Balaban J connectivity index is 2.46. The van der Waals surface area contributed by atoms with Gasteiger partial charge in [0.05, 0.1) is 0 Å². The van der Waals surface area contributed by atoms with Crippen LogP contribution in [0.5, 0.6) is 0 Å². The predicted octanol–water partition coefficient (Wildman–Crippen LogP) is 2.51. The smallest absolute Gasteiger partial charge is 0.202 e. The summed E-state index contributed by atoms with van der Waals surface area (Å²) in [5.41, 5.74) is 0.345. The number of nitrogens with zero attached hydrogens (tertiary/aromatic N) is 2. The lowest BCUT2D eigenvalue weighted by Crippen LogP contribution is -2.25. The van der Waals surface area contributed by atoms with Crippen molar-refractivity contribution in [1.82, 2.24) is 9.55 Å². The quantitative estimate of drug-likeness (QED) is 0.803. The molecule has 0 aliphatic rings. The minimum Gasteiger partial charge on any atom is -0.355 e. The van der Waals surface area contributed by atoms with Gasteiger partial charge in [0.15, 0.2) is 0 Å². The normalized spacial score (nSPS) is 14.1. The maximum absolute atomic E-state index is 4.22. The Morgan fingerprint density at radius 2 is 2.14 bits per heavy atom. The predicted molar refractivity (Wildman–Crippen MR) is 60.3 cm³/mol. The van der Waals surface area contributed by atoms with Gasteiger partial charge in [0.1, 0.15) is 0 Å². The third kappa shape index (κ3) is 2.76. The van der Waals surface area contributed by atoms with Crippen LogP contribution in [0.25, 0.3) is 0 Å². The minimum atomic E-state index is 0.345. The van der Waals surface area contributed by atoms with Crippen LogP contribution < -0.4 is 5.32 Å². The highest BCUT2D eigenvalue weighted by Gasteiger charge is 2.19. The van der Waals surface area contributed by atoms with Gasteiger partial charge in [-0.05, 0) is 11.3 Å². The molecule has 14 heavy (non-hydrogen) atoms. The Labute approximate surface area is 86.5 Å². The Bertz CT molecular complexity index is 283. The molecule has 0 saturated carbocycles. The molecule has 1 aromatic heterocycles. The van der Waals surface area contributed by atoms with E-state index in [-0.39, 0.29) is 0 Å². The van der Waals surface area contributed by atoms with Crippen LogP contribution in [0.2, 0.25) is 0 Å². The summed E-state index contributed by atoms with van der Waals surface area (Å²) < 4.78 is 2.00. The molecule has 0 aliphatic heterocycles. The van der Waals surface area contributed by atoms with Gasteiger partial charge < -0.3 is 9.88 Å². The van der Waals surface area contributed by atoms with Crippen molar-refractivity contribution in [2.75, 3.05) is 11.9 Å². The van der Waals surface area contributed by atoms with Gasteiger partial charge in [0.2, 0.25) is 5.95 Å². The maximum Gasteiger partial charge on any atom is 0.202 e. The number of nitrogens with one attached hydrogen (secondary N) is 1. The molecule has 0 spiro atoms. The van der Waals surface area contributed by atoms with Crippen molar-refractivity contribution < 1.29 is 0 Å². The topological polar surface area (TPSA) is 29.9 Å². The lowest BCUT2D eigenvalue weighted by Gasteiger charge is -2.27. The van der Waals surface area contributed by atoms with Crippen molar-refractivity contribution >= 4 is 5.95 Å². The van der Waals surface area contributed by atoms with Gasteiger partial charge in [-0.15, -0.1) is 0 Å². The van der Waals surface area contributed by atoms with E-state index >= 15 is 0 Å². The van der Waals surface area contributed by atoms with Crippen molar-refractivity contribution in [3.05, 3.63) is 12.4 Å². The second kappa shape index (κ2) is 4.03. The summed E-state index contributed by atoms with van der Waals surface area (Å²) in [6.07, 6.45) is 3.76. The molecule has 1 N–H and O–H groups in total. The molecule has 0 saturated heterocycles. The monoisotopic (exact) mass is 195 g/mol. The van der Waals surface area contributed by atoms with Crippen LogP contribution in [0.3, 0.4) is 0 Å². The zero-order valence-electron chi connectivity index (χ0n) is 9.83. The Morgan fingerprint density at radius 3 is 2.57 bits per heavy atom. The van der Waals surface area contributed by atoms with Crippen LogP contribution in [0.1, 0.15) is 27.7 Å². The molecular weight excluding hydrogens is 174 g/mol. The summed E-state index contributed by atoms with van der Waals surface area (Å²) in [7, 11) is 2.00. The van der Waals surface area contributed by atoms with Crippen molar-refractivity contribution in [1.29, 1.82) is 0 Å². The number of hydrogen-bond acceptors (Lipinski definition) is 2. The minimum absolute atomic E-state index is 0.345. The lowest BCUT2D eigenvalue weighted by molar-refractivity contribution is 0.274. The summed E-state index contributed by atoms with van der Waals surface area (Å²) in [6.45, 7) is 10.0. The lowest BCUT2D eigenvalue weighted by atomic mass is 9.82. The third-order valence-corrected chi connectivity index (χ3v) is 2.87. The second-order valence-corrected chi connectivity index (χ2v) is 5.01. The van der Waals surface area contributed by atoms with Crippen molar-refractivity contribution in [3.63, 3.8) is 0 Å². The molecule has 1 aromatic rings. The first kappa shape index (κ1) is 11.1. The average Bonchev–Trinajstić information content (AvgIpc) is 2.45. The molecule has 80 valence electrons. The average molecular weight is 195 g/mol. The molecule has 1 unspecified atom stereocenters. The second-order valence-electron chi connectivity index (χ2n) is 5.01. The molecule has 0 bridgehead atoms. The number of aryl methyl sites for hydroxylation is 1. The fourth-order valence-electron chi connectivity index (χ4n) is 1.09. The third-order valence-electron chi connectivity index (χ3n) is 2.87. The molecule has 1 rings (SSSR count). The molecule has 1 atom stereocenters. The molecule has 0 radical (unpaired) electrons. The van der Waals surface area contributed by atoms with Crippen LogP contribution in [0.15, 0.2) is 12.4 Å². The molecule has 0 aliphatic carbocycles. The van der Waals surface area contributed by atoms with Gasteiger partial charge in [-0.1, -0.05) is 27.7 Å². The van der Waals surface area contributed by atoms with E-state index in [1.54, 1.807) is 0 Å². The van der Waals surface area contributed by atoms with Gasteiger partial charge in [-0.25, -0.2) is 4.98 Å². The van der Waals surface area contributed by atoms with Crippen LogP contribution >= 0.6 is 0 Å². The van der Waals surface area contributed by atoms with Gasteiger partial charge in [-0.2, -0.15) is 0 Å². The number of rotatable bonds is 3. The largest absolute Gasteiger partial charge is 0.355 e. The fourth-order valence-corrected chi connectivity index (χ4v) is 1.09. The van der Waals surface area contributed by atoms with E-state index < -0.39 is 0 Å². The van der Waals surface area contributed by atoms with E-state index in [0.717, 1.165) is 12.5 Å². The van der Waals surface area contributed by atoms with Crippen LogP contribution in [-0.4, -0.2) is 16.1 Å². The Kier molecular flexibility index (Phi) is 3.19. The maximum atomic E-state index is 4.22. The molecule has 3 heteroatoms. The molecule has 0 fully saturated rings. The van der Waals surface area contributed by atoms with Crippen LogP contribution in [0, 0.1) is 11.3 Å². The first-order valence-electron chi connectivity index (χ1n) is 5.12. The van der Waals surface area contributed by atoms with E-state index in [0.29, 0.717) is 11.3 Å².